The van der Waals surface area contributed by atoms with Crippen molar-refractivity contribution in [2.45, 2.75) is 19.1 Å². The van der Waals surface area contributed by atoms with Crippen LogP contribution in [-0.2, 0) is 13.0 Å². The zero-order valence-electron chi connectivity index (χ0n) is 10.1. The number of anilines is 1. The van der Waals surface area contributed by atoms with Crippen molar-refractivity contribution in [2.24, 2.45) is 0 Å². The number of nitrogens with one attached hydrogen (secondary N) is 1. The van der Waals surface area contributed by atoms with E-state index in [0.29, 0.717) is 18.7 Å². The Morgan fingerprint density at radius 3 is 2.79 bits per heavy atom. The first kappa shape index (κ1) is 13.5. The Hall–Kier alpha value is -1.92. The van der Waals surface area contributed by atoms with Gasteiger partial charge in [-0.15, -0.1) is 0 Å². The van der Waals surface area contributed by atoms with Crippen LogP contribution in [0.4, 0.5) is 23.7 Å². The molecule has 0 fully saturated rings. The number of halogens is 3. The van der Waals surface area contributed by atoms with Gasteiger partial charge in [0.15, 0.2) is 0 Å². The predicted octanol–water partition coefficient (Wildman–Crippen LogP) is 1.90. The second-order valence-electron chi connectivity index (χ2n) is 4.47. The fraction of sp³-hybridized carbons (Fsp3) is 0.417. The van der Waals surface area contributed by atoms with Gasteiger partial charge in [0, 0.05) is 18.8 Å². The molecule has 0 spiro atoms. The lowest BCUT2D eigenvalue weighted by molar-refractivity contribution is -0.123. The van der Waals surface area contributed by atoms with Gasteiger partial charge in [-0.2, -0.15) is 13.2 Å². The molecule has 0 aromatic heterocycles. The molecule has 2 amide bonds. The van der Waals surface area contributed by atoms with E-state index < -0.39 is 18.8 Å². The molecule has 0 saturated carbocycles. The SMILES string of the molecule is Nc1ccc2c(c1)CN(C(=O)NCC(F)(F)F)CC2. The summed E-state index contributed by atoms with van der Waals surface area (Å²) in [5, 5.41) is 1.87. The van der Waals surface area contributed by atoms with Crippen LogP contribution < -0.4 is 11.1 Å². The maximum Gasteiger partial charge on any atom is 0.405 e. The van der Waals surface area contributed by atoms with Gasteiger partial charge < -0.3 is 16.0 Å². The van der Waals surface area contributed by atoms with Crippen molar-refractivity contribution in [1.29, 1.82) is 0 Å². The van der Waals surface area contributed by atoms with E-state index in [-0.39, 0.29) is 6.54 Å². The van der Waals surface area contributed by atoms with Crippen molar-refractivity contribution in [3.8, 4) is 0 Å². The molecule has 7 heteroatoms. The quantitative estimate of drug-likeness (QED) is 0.768. The number of hydrogen-bond donors (Lipinski definition) is 2. The predicted molar refractivity (Wildman–Crippen MR) is 64.4 cm³/mol. The molecule has 0 radical (unpaired) electrons. The molecule has 2 rings (SSSR count). The van der Waals surface area contributed by atoms with E-state index in [9.17, 15) is 18.0 Å². The summed E-state index contributed by atoms with van der Waals surface area (Å²) >= 11 is 0. The summed E-state index contributed by atoms with van der Waals surface area (Å²) in [5.74, 6) is 0. The van der Waals surface area contributed by atoms with Gasteiger partial charge in [-0.05, 0) is 29.7 Å². The van der Waals surface area contributed by atoms with Gasteiger partial charge in [0.05, 0.1) is 0 Å². The van der Waals surface area contributed by atoms with Gasteiger partial charge in [-0.1, -0.05) is 6.07 Å². The fourth-order valence-electron chi connectivity index (χ4n) is 2.04. The number of carbonyl (C=O) groups excluding carboxylic acids is 1. The number of hydrogen-bond acceptors (Lipinski definition) is 2. The van der Waals surface area contributed by atoms with Gasteiger partial charge in [0.2, 0.25) is 0 Å². The molecule has 1 aliphatic heterocycles. The molecule has 104 valence electrons. The second-order valence-corrected chi connectivity index (χ2v) is 4.47. The highest BCUT2D eigenvalue weighted by Gasteiger charge is 2.29. The molecule has 4 nitrogen and oxygen atoms in total. The van der Waals surface area contributed by atoms with E-state index in [1.54, 1.807) is 12.1 Å². The molecule has 1 aromatic rings. The van der Waals surface area contributed by atoms with Crippen molar-refractivity contribution in [2.75, 3.05) is 18.8 Å². The number of benzene rings is 1. The van der Waals surface area contributed by atoms with E-state index >= 15 is 0 Å². The van der Waals surface area contributed by atoms with Gasteiger partial charge in [0.25, 0.3) is 0 Å². The molecule has 1 heterocycles. The molecule has 0 bridgehead atoms. The Kier molecular flexibility index (Phi) is 3.55. The van der Waals surface area contributed by atoms with Gasteiger partial charge >= 0.3 is 12.2 Å². The zero-order valence-corrected chi connectivity index (χ0v) is 10.1. The van der Waals surface area contributed by atoms with Crippen molar-refractivity contribution >= 4 is 11.7 Å². The minimum absolute atomic E-state index is 0.282. The first-order valence-electron chi connectivity index (χ1n) is 5.82. The van der Waals surface area contributed by atoms with Crippen LogP contribution in [0.15, 0.2) is 18.2 Å². The summed E-state index contributed by atoms with van der Waals surface area (Å²) in [7, 11) is 0. The first-order valence-corrected chi connectivity index (χ1v) is 5.82. The Morgan fingerprint density at radius 2 is 2.11 bits per heavy atom. The lowest BCUT2D eigenvalue weighted by atomic mass is 9.99. The Bertz CT molecular complexity index is 488. The van der Waals surface area contributed by atoms with E-state index in [1.165, 1.54) is 4.90 Å². The van der Waals surface area contributed by atoms with E-state index in [4.69, 9.17) is 5.73 Å². The van der Waals surface area contributed by atoms with Crippen LogP contribution in [0.3, 0.4) is 0 Å². The highest BCUT2D eigenvalue weighted by atomic mass is 19.4. The summed E-state index contributed by atoms with van der Waals surface area (Å²) in [5.41, 5.74) is 8.19. The van der Waals surface area contributed by atoms with E-state index in [0.717, 1.165) is 11.1 Å². The summed E-state index contributed by atoms with van der Waals surface area (Å²) in [6, 6.07) is 4.71. The molecule has 1 aromatic carbocycles. The van der Waals surface area contributed by atoms with Crippen LogP contribution in [-0.4, -0.2) is 30.2 Å². The number of nitrogen functional groups attached to an aromatic ring is 1. The summed E-state index contributed by atoms with van der Waals surface area (Å²) in [6.45, 7) is -0.628. The third-order valence-corrected chi connectivity index (χ3v) is 2.97. The number of fused-ring (bicyclic) bond motifs is 1. The van der Waals surface area contributed by atoms with Gasteiger partial charge in [-0.3, -0.25) is 0 Å². The number of amides is 2. The molecule has 0 aliphatic carbocycles. The number of carbonyl (C=O) groups is 1. The summed E-state index contributed by atoms with van der Waals surface area (Å²) in [4.78, 5) is 13.0. The Labute approximate surface area is 108 Å². The molecule has 0 saturated heterocycles. The molecule has 0 unspecified atom stereocenters. The maximum atomic E-state index is 12.0. The van der Waals surface area contributed by atoms with Crippen LogP contribution >= 0.6 is 0 Å². The molecule has 1 aliphatic rings. The van der Waals surface area contributed by atoms with Crippen molar-refractivity contribution in [1.82, 2.24) is 10.2 Å². The van der Waals surface area contributed by atoms with Gasteiger partial charge in [0.1, 0.15) is 6.54 Å². The number of alkyl halides is 3. The fourth-order valence-corrected chi connectivity index (χ4v) is 2.04. The lowest BCUT2D eigenvalue weighted by Gasteiger charge is -2.29. The lowest BCUT2D eigenvalue weighted by Crippen LogP contribution is -2.45. The van der Waals surface area contributed by atoms with Crippen LogP contribution in [0.2, 0.25) is 0 Å². The topological polar surface area (TPSA) is 58.4 Å². The van der Waals surface area contributed by atoms with Gasteiger partial charge in [-0.25, -0.2) is 4.79 Å². The minimum Gasteiger partial charge on any atom is -0.399 e. The zero-order chi connectivity index (χ0) is 14.0. The minimum atomic E-state index is -4.40. The third kappa shape index (κ3) is 3.52. The normalized spacial score (nSPS) is 15.0. The molecular weight excluding hydrogens is 259 g/mol. The Morgan fingerprint density at radius 1 is 1.37 bits per heavy atom. The Balaban J connectivity index is 1.99. The molecular formula is C12H14F3N3O. The summed E-state index contributed by atoms with van der Waals surface area (Å²) < 4.78 is 36.1. The van der Waals surface area contributed by atoms with Crippen molar-refractivity contribution in [3.05, 3.63) is 29.3 Å². The first-order chi connectivity index (χ1) is 8.85. The second kappa shape index (κ2) is 4.99. The van der Waals surface area contributed by atoms with Crippen LogP contribution in [0.5, 0.6) is 0 Å². The smallest absolute Gasteiger partial charge is 0.399 e. The van der Waals surface area contributed by atoms with Crippen molar-refractivity contribution < 1.29 is 18.0 Å². The van der Waals surface area contributed by atoms with Crippen molar-refractivity contribution in [3.63, 3.8) is 0 Å². The highest BCUT2D eigenvalue weighted by molar-refractivity contribution is 5.74. The average molecular weight is 273 g/mol. The number of nitrogens with zero attached hydrogens (tertiary/aromatic N) is 1. The average Bonchev–Trinajstić information content (AvgIpc) is 2.34. The standard InChI is InChI=1S/C12H14F3N3O/c13-12(14,15)7-17-11(19)18-4-3-8-1-2-10(16)5-9(8)6-18/h1-2,5H,3-4,6-7,16H2,(H,17,19). The number of nitrogens with two attached hydrogens (primary N) is 1. The molecule has 3 N–H and O–H groups in total. The van der Waals surface area contributed by atoms with Crippen LogP contribution in [0, 0.1) is 0 Å². The highest BCUT2D eigenvalue weighted by Crippen LogP contribution is 2.21. The van der Waals surface area contributed by atoms with E-state index in [2.05, 4.69) is 0 Å². The third-order valence-electron chi connectivity index (χ3n) is 2.97. The number of urea groups is 1. The monoisotopic (exact) mass is 273 g/mol. The molecule has 0 atom stereocenters. The summed E-state index contributed by atoms with van der Waals surface area (Å²) in [6.07, 6.45) is -3.77. The number of rotatable bonds is 1. The molecule has 19 heavy (non-hydrogen) atoms. The van der Waals surface area contributed by atoms with Crippen LogP contribution in [0.25, 0.3) is 0 Å². The van der Waals surface area contributed by atoms with Crippen LogP contribution in [0.1, 0.15) is 11.1 Å². The largest absolute Gasteiger partial charge is 0.405 e. The van der Waals surface area contributed by atoms with E-state index in [1.807, 2.05) is 11.4 Å². The maximum absolute atomic E-state index is 12.0.